The summed E-state index contributed by atoms with van der Waals surface area (Å²) in [5, 5.41) is 15.2. The molecule has 12 heteroatoms. The molecule has 202 valence electrons. The van der Waals surface area contributed by atoms with E-state index in [2.05, 4.69) is 20.7 Å². The van der Waals surface area contributed by atoms with E-state index in [4.69, 9.17) is 11.1 Å². The number of rotatable bonds is 15. The molecule has 0 saturated carbocycles. The molecular formula is C24H40N6O5S. The second-order valence-electron chi connectivity index (χ2n) is 9.58. The van der Waals surface area contributed by atoms with Crippen molar-refractivity contribution in [1.82, 2.24) is 20.7 Å². The minimum atomic E-state index is -4.03. The minimum Gasteiger partial charge on any atom is -0.370 e. The van der Waals surface area contributed by atoms with Crippen LogP contribution in [0.2, 0.25) is 0 Å². The first-order valence-electron chi connectivity index (χ1n) is 12.0. The molecule has 36 heavy (non-hydrogen) atoms. The molecule has 0 aromatic heterocycles. The number of nitrogens with two attached hydrogens (primary N) is 1. The molecule has 0 fully saturated rings. The summed E-state index contributed by atoms with van der Waals surface area (Å²) in [5.74, 6) is -1.58. The van der Waals surface area contributed by atoms with Crippen molar-refractivity contribution < 1.29 is 22.8 Å². The minimum absolute atomic E-state index is 0.00780. The summed E-state index contributed by atoms with van der Waals surface area (Å²) >= 11 is 0. The Morgan fingerprint density at radius 3 is 2.17 bits per heavy atom. The third-order valence-corrected chi connectivity index (χ3v) is 6.88. The molecule has 0 saturated heterocycles. The van der Waals surface area contributed by atoms with Gasteiger partial charge in [0, 0.05) is 6.54 Å². The fourth-order valence-electron chi connectivity index (χ4n) is 3.46. The van der Waals surface area contributed by atoms with Crippen LogP contribution in [0.1, 0.15) is 52.5 Å². The normalized spacial score (nSPS) is 14.1. The molecule has 7 N–H and O–H groups in total. The first kappa shape index (κ1) is 31.0. The van der Waals surface area contributed by atoms with Crippen LogP contribution in [0.5, 0.6) is 0 Å². The first-order valence-corrected chi connectivity index (χ1v) is 13.5. The summed E-state index contributed by atoms with van der Waals surface area (Å²) in [7, 11) is -4.03. The lowest BCUT2D eigenvalue weighted by atomic mass is 10.0. The van der Waals surface area contributed by atoms with Crippen LogP contribution in [0.4, 0.5) is 0 Å². The Bertz CT molecular complexity index is 995. The highest BCUT2D eigenvalue weighted by molar-refractivity contribution is 7.89. The Kier molecular flexibility index (Phi) is 12.5. The monoisotopic (exact) mass is 524 g/mol. The van der Waals surface area contributed by atoms with Crippen molar-refractivity contribution >= 4 is 34.1 Å². The van der Waals surface area contributed by atoms with Gasteiger partial charge in [0.1, 0.15) is 18.4 Å². The van der Waals surface area contributed by atoms with E-state index in [0.29, 0.717) is 19.1 Å². The lowest BCUT2D eigenvalue weighted by Crippen LogP contribution is -2.56. The van der Waals surface area contributed by atoms with E-state index < -0.39 is 40.0 Å². The molecule has 1 aromatic carbocycles. The van der Waals surface area contributed by atoms with E-state index in [9.17, 15) is 22.8 Å². The van der Waals surface area contributed by atoms with Crippen LogP contribution in [-0.2, 0) is 24.4 Å². The van der Waals surface area contributed by atoms with Crippen LogP contribution in [0.3, 0.4) is 0 Å². The Labute approximate surface area is 213 Å². The summed E-state index contributed by atoms with van der Waals surface area (Å²) in [4.78, 5) is 37.5. The van der Waals surface area contributed by atoms with Gasteiger partial charge in [0.15, 0.2) is 5.96 Å². The van der Waals surface area contributed by atoms with Crippen molar-refractivity contribution in [3.8, 4) is 0 Å². The number of guanidine groups is 1. The molecule has 0 aliphatic heterocycles. The number of carbonyl (C=O) groups excluding carboxylic acids is 3. The number of hydrogen-bond acceptors (Lipinski definition) is 6. The summed E-state index contributed by atoms with van der Waals surface area (Å²) < 4.78 is 28.4. The number of aldehydes is 1. The Hall–Kier alpha value is -2.99. The molecule has 0 spiro atoms. The molecule has 0 aliphatic rings. The Morgan fingerprint density at radius 2 is 1.67 bits per heavy atom. The van der Waals surface area contributed by atoms with Crippen LogP contribution in [-0.4, -0.2) is 57.1 Å². The number of aryl methyl sites for hydroxylation is 1. The van der Waals surface area contributed by atoms with E-state index in [-0.39, 0.29) is 35.7 Å². The summed E-state index contributed by atoms with van der Waals surface area (Å²) in [6.07, 6.45) is 1.54. The van der Waals surface area contributed by atoms with Crippen molar-refractivity contribution in [2.24, 2.45) is 17.6 Å². The predicted octanol–water partition coefficient (Wildman–Crippen LogP) is 0.776. The lowest BCUT2D eigenvalue weighted by Gasteiger charge is -2.26. The van der Waals surface area contributed by atoms with E-state index in [0.717, 1.165) is 5.56 Å². The molecule has 3 atom stereocenters. The molecule has 0 bridgehead atoms. The zero-order valence-corrected chi connectivity index (χ0v) is 22.4. The molecule has 1 unspecified atom stereocenters. The number of sulfonamides is 1. The van der Waals surface area contributed by atoms with Crippen molar-refractivity contribution in [1.29, 1.82) is 5.41 Å². The van der Waals surface area contributed by atoms with Gasteiger partial charge in [-0.25, -0.2) is 8.42 Å². The smallest absolute Gasteiger partial charge is 0.243 e. The van der Waals surface area contributed by atoms with Gasteiger partial charge in [-0.3, -0.25) is 15.0 Å². The van der Waals surface area contributed by atoms with Crippen LogP contribution in [0.15, 0.2) is 29.2 Å². The zero-order chi connectivity index (χ0) is 27.5. The Morgan fingerprint density at radius 1 is 1.06 bits per heavy atom. The predicted molar refractivity (Wildman–Crippen MR) is 139 cm³/mol. The first-order chi connectivity index (χ1) is 16.8. The molecule has 1 rings (SSSR count). The highest BCUT2D eigenvalue weighted by Gasteiger charge is 2.31. The quantitative estimate of drug-likeness (QED) is 0.0847. The number of carbonyl (C=O) groups is 3. The fraction of sp³-hybridized carbons (Fsp3) is 0.583. The number of amides is 2. The van der Waals surface area contributed by atoms with Crippen molar-refractivity contribution in [2.45, 2.75) is 76.9 Å². The SMILES string of the molecule is Cc1ccc(S(=O)(=O)N[C@@H](CCCNC(=N)N)C(=O)N[C@H](C(=O)NC(C=O)CC(C)C)C(C)C)cc1. The van der Waals surface area contributed by atoms with E-state index in [1.165, 1.54) is 12.1 Å². The van der Waals surface area contributed by atoms with Gasteiger partial charge >= 0.3 is 0 Å². The fourth-order valence-corrected chi connectivity index (χ4v) is 4.69. The van der Waals surface area contributed by atoms with Gasteiger partial charge in [-0.2, -0.15) is 4.72 Å². The second kappa shape index (κ2) is 14.5. The molecule has 0 aliphatic carbocycles. The number of nitrogens with one attached hydrogen (secondary N) is 5. The van der Waals surface area contributed by atoms with E-state index in [1.807, 2.05) is 20.8 Å². The van der Waals surface area contributed by atoms with Crippen molar-refractivity contribution in [3.05, 3.63) is 29.8 Å². The van der Waals surface area contributed by atoms with Crippen LogP contribution >= 0.6 is 0 Å². The average molecular weight is 525 g/mol. The topological polar surface area (TPSA) is 183 Å². The maximum atomic E-state index is 13.2. The van der Waals surface area contributed by atoms with Gasteiger partial charge in [0.05, 0.1) is 10.9 Å². The van der Waals surface area contributed by atoms with Crippen LogP contribution < -0.4 is 26.4 Å². The second-order valence-corrected chi connectivity index (χ2v) is 11.3. The standard InChI is InChI=1S/C24H40N6O5S/c1-15(2)13-18(14-31)28-23(33)21(16(3)4)29-22(32)20(7-6-12-27-24(25)26)30-36(34,35)19-10-8-17(5)9-11-19/h8-11,14-16,18,20-21,30H,6-7,12-13H2,1-5H3,(H,28,33)(H,29,32)(H4,25,26,27)/t18?,20-,21-/m0/s1. The maximum absolute atomic E-state index is 13.2. The highest BCUT2D eigenvalue weighted by Crippen LogP contribution is 2.13. The molecular weight excluding hydrogens is 484 g/mol. The number of hydrogen-bond donors (Lipinski definition) is 6. The van der Waals surface area contributed by atoms with Gasteiger partial charge in [-0.05, 0) is 50.2 Å². The lowest BCUT2D eigenvalue weighted by molar-refractivity contribution is -0.132. The Balaban J connectivity index is 3.07. The van der Waals surface area contributed by atoms with Gasteiger partial charge in [0.2, 0.25) is 21.8 Å². The third-order valence-electron chi connectivity index (χ3n) is 5.39. The van der Waals surface area contributed by atoms with Crippen LogP contribution in [0, 0.1) is 24.2 Å². The maximum Gasteiger partial charge on any atom is 0.243 e. The third kappa shape index (κ3) is 10.7. The molecule has 11 nitrogen and oxygen atoms in total. The van der Waals surface area contributed by atoms with Gasteiger partial charge < -0.3 is 26.5 Å². The van der Waals surface area contributed by atoms with Crippen molar-refractivity contribution in [2.75, 3.05) is 6.54 Å². The highest BCUT2D eigenvalue weighted by atomic mass is 32.2. The number of benzene rings is 1. The zero-order valence-electron chi connectivity index (χ0n) is 21.6. The van der Waals surface area contributed by atoms with Gasteiger partial charge in [-0.1, -0.05) is 45.4 Å². The molecule has 1 aromatic rings. The van der Waals surface area contributed by atoms with Crippen molar-refractivity contribution in [3.63, 3.8) is 0 Å². The van der Waals surface area contributed by atoms with Crippen LogP contribution in [0.25, 0.3) is 0 Å². The van der Waals surface area contributed by atoms with E-state index in [1.54, 1.807) is 26.0 Å². The summed E-state index contributed by atoms with van der Waals surface area (Å²) in [6.45, 7) is 9.42. The van der Waals surface area contributed by atoms with E-state index >= 15 is 0 Å². The van der Waals surface area contributed by atoms with Gasteiger partial charge in [0.25, 0.3) is 0 Å². The average Bonchev–Trinajstić information content (AvgIpc) is 2.78. The largest absolute Gasteiger partial charge is 0.370 e. The molecule has 2 amide bonds. The summed E-state index contributed by atoms with van der Waals surface area (Å²) in [6, 6.07) is 3.35. The van der Waals surface area contributed by atoms with Gasteiger partial charge in [-0.15, -0.1) is 0 Å². The summed E-state index contributed by atoms with van der Waals surface area (Å²) in [5.41, 5.74) is 6.17. The molecule has 0 radical (unpaired) electrons. The molecule has 0 heterocycles.